The van der Waals surface area contributed by atoms with Crippen LogP contribution in [0.15, 0.2) is 15.9 Å². The average Bonchev–Trinajstić information content (AvgIpc) is 2.77. The van der Waals surface area contributed by atoms with Crippen molar-refractivity contribution in [1.82, 2.24) is 4.90 Å². The maximum absolute atomic E-state index is 9.15. The Bertz CT molecular complexity index is 361. The summed E-state index contributed by atoms with van der Waals surface area (Å²) in [6.45, 7) is 2.93. The Balaban J connectivity index is 2.07. The number of aliphatic hydroxyl groups excluding tert-OH is 1. The Morgan fingerprint density at radius 3 is 3.06 bits per heavy atom. The molecule has 1 aromatic heterocycles. The number of hydrogen-bond donors (Lipinski definition) is 2. The van der Waals surface area contributed by atoms with Crippen LogP contribution >= 0.6 is 27.3 Å². The van der Waals surface area contributed by atoms with Crippen molar-refractivity contribution in [3.05, 3.63) is 20.8 Å². The van der Waals surface area contributed by atoms with Crippen LogP contribution in [0, 0.1) is 0 Å². The number of thiophene rings is 1. The van der Waals surface area contributed by atoms with Crippen LogP contribution in [0.5, 0.6) is 0 Å². The molecule has 6 heteroatoms. The second kappa shape index (κ2) is 6.26. The predicted octanol–water partition coefficient (Wildman–Crippen LogP) is 1.20. The van der Waals surface area contributed by atoms with Crippen molar-refractivity contribution >= 4 is 27.3 Å². The van der Waals surface area contributed by atoms with E-state index in [1.807, 2.05) is 6.07 Å². The summed E-state index contributed by atoms with van der Waals surface area (Å²) in [4.78, 5) is 3.56. The normalized spacial score (nSPS) is 23.8. The number of nitrogens with zero attached hydrogens (tertiary/aromatic N) is 1. The molecule has 1 aromatic rings. The van der Waals surface area contributed by atoms with Crippen molar-refractivity contribution < 1.29 is 9.84 Å². The number of nitrogens with two attached hydrogens (primary N) is 1. The van der Waals surface area contributed by atoms with Crippen molar-refractivity contribution in [2.24, 2.45) is 5.73 Å². The van der Waals surface area contributed by atoms with E-state index < -0.39 is 0 Å². The van der Waals surface area contributed by atoms with E-state index in [2.05, 4.69) is 26.9 Å². The molecule has 3 N–H and O–H groups in total. The quantitative estimate of drug-likeness (QED) is 0.875. The van der Waals surface area contributed by atoms with Gasteiger partial charge in [0.15, 0.2) is 0 Å². The van der Waals surface area contributed by atoms with E-state index in [4.69, 9.17) is 15.6 Å². The topological polar surface area (TPSA) is 58.7 Å². The van der Waals surface area contributed by atoms with Gasteiger partial charge in [-0.25, -0.2) is 0 Å². The first-order valence-corrected chi connectivity index (χ1v) is 7.27. The lowest BCUT2D eigenvalue weighted by Crippen LogP contribution is -2.47. The fraction of sp³-hybridized carbons (Fsp3) is 0.636. The third-order valence-corrected chi connectivity index (χ3v) is 4.69. The summed E-state index contributed by atoms with van der Waals surface area (Å²) in [7, 11) is 0. The second-order valence-electron chi connectivity index (χ2n) is 4.06. The number of rotatable bonds is 4. The Hall–Kier alpha value is 0.0200. The Morgan fingerprint density at radius 1 is 1.65 bits per heavy atom. The van der Waals surface area contributed by atoms with Gasteiger partial charge in [0.1, 0.15) is 0 Å². The standard InChI is InChI=1S/C11H17BrN2O2S/c12-11-2-1-10(17-11)9(5-13)14-3-4-16-8(6-14)7-15/h1-2,8-9,15H,3-7,13H2. The van der Waals surface area contributed by atoms with Crippen LogP contribution in [0.2, 0.25) is 0 Å². The van der Waals surface area contributed by atoms with E-state index in [1.165, 1.54) is 4.88 Å². The molecule has 0 saturated carbocycles. The highest BCUT2D eigenvalue weighted by atomic mass is 79.9. The van der Waals surface area contributed by atoms with Crippen molar-refractivity contribution in [2.45, 2.75) is 12.1 Å². The van der Waals surface area contributed by atoms with Gasteiger partial charge in [0, 0.05) is 24.5 Å². The molecule has 2 rings (SSSR count). The van der Waals surface area contributed by atoms with Crippen LogP contribution in [0.3, 0.4) is 0 Å². The number of morpholine rings is 1. The lowest BCUT2D eigenvalue weighted by molar-refractivity contribution is -0.0639. The van der Waals surface area contributed by atoms with E-state index in [9.17, 15) is 0 Å². The largest absolute Gasteiger partial charge is 0.394 e. The lowest BCUT2D eigenvalue weighted by atomic mass is 10.1. The SMILES string of the molecule is NCC(c1ccc(Br)s1)N1CCOC(CO)C1. The van der Waals surface area contributed by atoms with Gasteiger partial charge >= 0.3 is 0 Å². The number of hydrogen-bond acceptors (Lipinski definition) is 5. The summed E-state index contributed by atoms with van der Waals surface area (Å²) >= 11 is 5.19. The Morgan fingerprint density at radius 2 is 2.47 bits per heavy atom. The minimum atomic E-state index is -0.0822. The van der Waals surface area contributed by atoms with E-state index >= 15 is 0 Å². The summed E-state index contributed by atoms with van der Waals surface area (Å²) in [6, 6.07) is 4.38. The molecule has 0 bridgehead atoms. The van der Waals surface area contributed by atoms with E-state index in [0.29, 0.717) is 13.2 Å². The molecule has 2 heterocycles. The maximum Gasteiger partial charge on any atom is 0.0933 e. The molecule has 0 spiro atoms. The van der Waals surface area contributed by atoms with Crippen LogP contribution in [0.4, 0.5) is 0 Å². The van der Waals surface area contributed by atoms with E-state index in [1.54, 1.807) is 11.3 Å². The molecular formula is C11H17BrN2O2S. The second-order valence-corrected chi connectivity index (χ2v) is 6.56. The molecule has 1 saturated heterocycles. The third kappa shape index (κ3) is 3.27. The Labute approximate surface area is 113 Å². The zero-order chi connectivity index (χ0) is 12.3. The van der Waals surface area contributed by atoms with Crippen LogP contribution < -0.4 is 5.73 Å². The smallest absolute Gasteiger partial charge is 0.0933 e. The molecule has 0 radical (unpaired) electrons. The van der Waals surface area contributed by atoms with E-state index in [0.717, 1.165) is 16.9 Å². The zero-order valence-corrected chi connectivity index (χ0v) is 11.9. The molecule has 1 fully saturated rings. The van der Waals surface area contributed by atoms with Crippen molar-refractivity contribution in [3.63, 3.8) is 0 Å². The molecule has 17 heavy (non-hydrogen) atoms. The highest BCUT2D eigenvalue weighted by Gasteiger charge is 2.27. The molecular weight excluding hydrogens is 304 g/mol. The highest BCUT2D eigenvalue weighted by molar-refractivity contribution is 9.11. The third-order valence-electron chi connectivity index (χ3n) is 2.96. The first-order valence-electron chi connectivity index (χ1n) is 5.66. The molecule has 2 unspecified atom stereocenters. The summed E-state index contributed by atoms with van der Waals surface area (Å²) in [5.41, 5.74) is 5.88. The molecule has 96 valence electrons. The molecule has 0 amide bonds. The van der Waals surface area contributed by atoms with Crippen molar-refractivity contribution in [3.8, 4) is 0 Å². The summed E-state index contributed by atoms with van der Waals surface area (Å²) in [5, 5.41) is 9.15. The highest BCUT2D eigenvalue weighted by Crippen LogP contribution is 2.31. The lowest BCUT2D eigenvalue weighted by Gasteiger charge is -2.36. The monoisotopic (exact) mass is 320 g/mol. The van der Waals surface area contributed by atoms with Crippen LogP contribution in [-0.4, -0.2) is 49.0 Å². The molecule has 1 aliphatic rings. The summed E-state index contributed by atoms with van der Waals surface area (Å²) < 4.78 is 6.58. The fourth-order valence-electron chi connectivity index (χ4n) is 2.09. The van der Waals surface area contributed by atoms with Crippen molar-refractivity contribution in [2.75, 3.05) is 32.8 Å². The number of halogens is 1. The molecule has 1 aliphatic heterocycles. The van der Waals surface area contributed by atoms with Gasteiger partial charge in [-0.3, -0.25) is 4.90 Å². The van der Waals surface area contributed by atoms with Gasteiger partial charge in [0.25, 0.3) is 0 Å². The molecule has 0 aromatic carbocycles. The van der Waals surface area contributed by atoms with Gasteiger partial charge in [-0.1, -0.05) is 0 Å². The van der Waals surface area contributed by atoms with Crippen LogP contribution in [-0.2, 0) is 4.74 Å². The first-order chi connectivity index (χ1) is 8.24. The van der Waals surface area contributed by atoms with Gasteiger partial charge in [-0.2, -0.15) is 0 Å². The zero-order valence-electron chi connectivity index (χ0n) is 9.51. The number of ether oxygens (including phenoxy) is 1. The summed E-state index contributed by atoms with van der Waals surface area (Å²) in [6.07, 6.45) is -0.0822. The van der Waals surface area contributed by atoms with Gasteiger partial charge in [0.05, 0.1) is 29.1 Å². The van der Waals surface area contributed by atoms with Gasteiger partial charge in [-0.05, 0) is 28.1 Å². The van der Waals surface area contributed by atoms with Crippen molar-refractivity contribution in [1.29, 1.82) is 0 Å². The predicted molar refractivity (Wildman–Crippen MR) is 72.2 cm³/mol. The maximum atomic E-state index is 9.15. The van der Waals surface area contributed by atoms with E-state index in [-0.39, 0.29) is 18.8 Å². The van der Waals surface area contributed by atoms with Gasteiger partial charge in [-0.15, -0.1) is 11.3 Å². The van der Waals surface area contributed by atoms with Gasteiger partial charge in [0.2, 0.25) is 0 Å². The summed E-state index contributed by atoms with van der Waals surface area (Å²) in [5.74, 6) is 0. The molecule has 2 atom stereocenters. The minimum Gasteiger partial charge on any atom is -0.394 e. The van der Waals surface area contributed by atoms with Crippen LogP contribution in [0.1, 0.15) is 10.9 Å². The number of aliphatic hydroxyl groups is 1. The minimum absolute atomic E-state index is 0.0714. The fourth-order valence-corrected chi connectivity index (χ4v) is 3.66. The van der Waals surface area contributed by atoms with Gasteiger partial charge < -0.3 is 15.6 Å². The Kier molecular flexibility index (Phi) is 4.96. The van der Waals surface area contributed by atoms with Crippen LogP contribution in [0.25, 0.3) is 0 Å². The first kappa shape index (κ1) is 13.5. The average molecular weight is 321 g/mol. The molecule has 4 nitrogen and oxygen atoms in total. The molecule has 0 aliphatic carbocycles.